The highest BCUT2D eigenvalue weighted by Crippen LogP contribution is 2.23. The highest BCUT2D eigenvalue weighted by atomic mass is 16.3. The van der Waals surface area contributed by atoms with Crippen LogP contribution < -0.4 is 4.90 Å². The molecule has 2 aliphatic rings. The van der Waals surface area contributed by atoms with Gasteiger partial charge in [-0.15, -0.1) is 0 Å². The van der Waals surface area contributed by atoms with Gasteiger partial charge < -0.3 is 14.9 Å². The van der Waals surface area contributed by atoms with Crippen molar-refractivity contribution in [3.05, 3.63) is 29.8 Å². The standard InChI is InChI=1S/C17H22N2O3/c20-12-13-3-1-9-18(11-13)17(22)14-5-7-15(8-6-14)19-10-2-4-16(19)21/h5-8,13,20H,1-4,9-12H2. The molecule has 2 heterocycles. The van der Waals surface area contributed by atoms with E-state index < -0.39 is 0 Å². The number of rotatable bonds is 3. The summed E-state index contributed by atoms with van der Waals surface area (Å²) in [5.74, 6) is 0.359. The average molecular weight is 302 g/mol. The Bertz CT molecular complexity index is 556. The minimum atomic E-state index is 0.0115. The smallest absolute Gasteiger partial charge is 0.253 e. The first-order valence-corrected chi connectivity index (χ1v) is 7.99. The van der Waals surface area contributed by atoms with E-state index in [0.29, 0.717) is 18.5 Å². The number of hydrogen-bond acceptors (Lipinski definition) is 3. The van der Waals surface area contributed by atoms with Crippen LogP contribution in [0.3, 0.4) is 0 Å². The van der Waals surface area contributed by atoms with E-state index in [1.54, 1.807) is 17.0 Å². The van der Waals surface area contributed by atoms with Crippen LogP contribution in [0.15, 0.2) is 24.3 Å². The first kappa shape index (κ1) is 15.0. The lowest BCUT2D eigenvalue weighted by Crippen LogP contribution is -2.40. The summed E-state index contributed by atoms with van der Waals surface area (Å²) >= 11 is 0. The summed E-state index contributed by atoms with van der Waals surface area (Å²) in [6.45, 7) is 2.28. The van der Waals surface area contributed by atoms with Crippen LogP contribution in [0.25, 0.3) is 0 Å². The lowest BCUT2D eigenvalue weighted by Gasteiger charge is -2.32. The SMILES string of the molecule is O=C(c1ccc(N2CCCC2=O)cc1)N1CCCC(CO)C1. The van der Waals surface area contributed by atoms with Gasteiger partial charge in [-0.05, 0) is 49.4 Å². The number of piperidine rings is 1. The van der Waals surface area contributed by atoms with Crippen molar-refractivity contribution in [2.24, 2.45) is 5.92 Å². The van der Waals surface area contributed by atoms with E-state index in [1.165, 1.54) is 0 Å². The first-order chi connectivity index (χ1) is 10.7. The highest BCUT2D eigenvalue weighted by molar-refractivity contribution is 5.97. The van der Waals surface area contributed by atoms with Gasteiger partial charge in [0.1, 0.15) is 0 Å². The van der Waals surface area contributed by atoms with E-state index in [0.717, 1.165) is 38.0 Å². The molecule has 0 bridgehead atoms. The number of likely N-dealkylation sites (tertiary alicyclic amines) is 1. The van der Waals surface area contributed by atoms with Crippen LogP contribution >= 0.6 is 0 Å². The van der Waals surface area contributed by atoms with Crippen LogP contribution in [-0.2, 0) is 4.79 Å². The molecule has 0 spiro atoms. The van der Waals surface area contributed by atoms with E-state index in [4.69, 9.17) is 0 Å². The number of benzene rings is 1. The quantitative estimate of drug-likeness (QED) is 0.923. The zero-order valence-corrected chi connectivity index (χ0v) is 12.7. The molecule has 118 valence electrons. The van der Waals surface area contributed by atoms with Gasteiger partial charge in [-0.1, -0.05) is 0 Å². The Morgan fingerprint density at radius 3 is 2.59 bits per heavy atom. The molecule has 22 heavy (non-hydrogen) atoms. The second-order valence-electron chi connectivity index (χ2n) is 6.14. The molecule has 1 aromatic carbocycles. The molecule has 2 saturated heterocycles. The largest absolute Gasteiger partial charge is 0.396 e. The van der Waals surface area contributed by atoms with Gasteiger partial charge in [-0.3, -0.25) is 9.59 Å². The van der Waals surface area contributed by atoms with Gasteiger partial charge in [0.25, 0.3) is 5.91 Å². The number of carbonyl (C=O) groups is 2. The third kappa shape index (κ3) is 2.99. The van der Waals surface area contributed by atoms with E-state index >= 15 is 0 Å². The number of amides is 2. The van der Waals surface area contributed by atoms with Gasteiger partial charge in [0.05, 0.1) is 0 Å². The molecule has 2 amide bonds. The predicted octanol–water partition coefficient (Wildman–Crippen LogP) is 1.66. The van der Waals surface area contributed by atoms with Crippen LogP contribution in [0.2, 0.25) is 0 Å². The Morgan fingerprint density at radius 2 is 1.95 bits per heavy atom. The molecular weight excluding hydrogens is 280 g/mol. The molecule has 0 aliphatic carbocycles. The van der Waals surface area contributed by atoms with E-state index in [2.05, 4.69) is 0 Å². The van der Waals surface area contributed by atoms with Crippen molar-refractivity contribution >= 4 is 17.5 Å². The Hall–Kier alpha value is -1.88. The van der Waals surface area contributed by atoms with Crippen molar-refractivity contribution in [3.8, 4) is 0 Å². The van der Waals surface area contributed by atoms with Crippen molar-refractivity contribution in [2.45, 2.75) is 25.7 Å². The van der Waals surface area contributed by atoms with Gasteiger partial charge in [-0.25, -0.2) is 0 Å². The average Bonchev–Trinajstić information content (AvgIpc) is 3.00. The Labute approximate surface area is 130 Å². The number of aliphatic hydroxyl groups excluding tert-OH is 1. The normalized spacial score (nSPS) is 22.2. The molecule has 3 rings (SSSR count). The number of nitrogens with zero attached hydrogens (tertiary/aromatic N) is 2. The molecule has 1 atom stereocenters. The van der Waals surface area contributed by atoms with Crippen LogP contribution in [0.1, 0.15) is 36.0 Å². The Morgan fingerprint density at radius 1 is 1.18 bits per heavy atom. The second kappa shape index (κ2) is 6.48. The van der Waals surface area contributed by atoms with Crippen molar-refractivity contribution in [3.63, 3.8) is 0 Å². The van der Waals surface area contributed by atoms with Crippen molar-refractivity contribution in [1.29, 1.82) is 0 Å². The number of hydrogen-bond donors (Lipinski definition) is 1. The maximum atomic E-state index is 12.5. The third-order valence-corrected chi connectivity index (χ3v) is 4.56. The molecule has 1 aromatic rings. The second-order valence-corrected chi connectivity index (χ2v) is 6.14. The molecule has 5 nitrogen and oxygen atoms in total. The fourth-order valence-electron chi connectivity index (χ4n) is 3.29. The summed E-state index contributed by atoms with van der Waals surface area (Å²) in [7, 11) is 0. The van der Waals surface area contributed by atoms with Crippen LogP contribution in [0.5, 0.6) is 0 Å². The lowest BCUT2D eigenvalue weighted by molar-refractivity contribution is -0.117. The molecular formula is C17H22N2O3. The summed E-state index contributed by atoms with van der Waals surface area (Å²) in [4.78, 5) is 27.9. The maximum Gasteiger partial charge on any atom is 0.253 e. The molecule has 2 aliphatic heterocycles. The summed E-state index contributed by atoms with van der Waals surface area (Å²) < 4.78 is 0. The van der Waals surface area contributed by atoms with E-state index in [9.17, 15) is 14.7 Å². The summed E-state index contributed by atoms with van der Waals surface area (Å²) in [5.41, 5.74) is 1.51. The number of aliphatic hydroxyl groups is 1. The molecule has 0 saturated carbocycles. The zero-order chi connectivity index (χ0) is 15.5. The third-order valence-electron chi connectivity index (χ3n) is 4.56. The van der Waals surface area contributed by atoms with Crippen molar-refractivity contribution in [1.82, 2.24) is 4.90 Å². The number of anilines is 1. The summed E-state index contributed by atoms with van der Waals surface area (Å²) in [6, 6.07) is 7.30. The van der Waals surface area contributed by atoms with Gasteiger partial charge in [0.2, 0.25) is 5.91 Å². The highest BCUT2D eigenvalue weighted by Gasteiger charge is 2.25. The van der Waals surface area contributed by atoms with Gasteiger partial charge in [-0.2, -0.15) is 0 Å². The van der Waals surface area contributed by atoms with Gasteiger partial charge in [0.15, 0.2) is 0 Å². The summed E-state index contributed by atoms with van der Waals surface area (Å²) in [6.07, 6.45) is 3.43. The minimum Gasteiger partial charge on any atom is -0.396 e. The summed E-state index contributed by atoms with van der Waals surface area (Å²) in [5, 5.41) is 9.27. The molecule has 1 unspecified atom stereocenters. The Balaban J connectivity index is 1.69. The molecule has 2 fully saturated rings. The van der Waals surface area contributed by atoms with Crippen LogP contribution in [0, 0.1) is 5.92 Å². The van der Waals surface area contributed by atoms with Gasteiger partial charge in [0, 0.05) is 43.9 Å². The van der Waals surface area contributed by atoms with Crippen LogP contribution in [-0.4, -0.2) is 48.1 Å². The molecule has 0 aromatic heterocycles. The van der Waals surface area contributed by atoms with Crippen molar-refractivity contribution in [2.75, 3.05) is 31.1 Å². The fourth-order valence-corrected chi connectivity index (χ4v) is 3.29. The zero-order valence-electron chi connectivity index (χ0n) is 12.7. The molecule has 5 heteroatoms. The fraction of sp³-hybridized carbons (Fsp3) is 0.529. The predicted molar refractivity (Wildman–Crippen MR) is 83.7 cm³/mol. The van der Waals surface area contributed by atoms with E-state index in [1.807, 2.05) is 17.0 Å². The minimum absolute atomic E-state index is 0.0115. The van der Waals surface area contributed by atoms with Crippen LogP contribution in [0.4, 0.5) is 5.69 Å². The topological polar surface area (TPSA) is 60.9 Å². The van der Waals surface area contributed by atoms with Gasteiger partial charge >= 0.3 is 0 Å². The monoisotopic (exact) mass is 302 g/mol. The maximum absolute atomic E-state index is 12.5. The number of carbonyl (C=O) groups excluding carboxylic acids is 2. The first-order valence-electron chi connectivity index (χ1n) is 7.99. The van der Waals surface area contributed by atoms with Crippen molar-refractivity contribution < 1.29 is 14.7 Å². The lowest BCUT2D eigenvalue weighted by atomic mass is 9.98. The molecule has 1 N–H and O–H groups in total. The van der Waals surface area contributed by atoms with E-state index in [-0.39, 0.29) is 24.3 Å². The Kier molecular flexibility index (Phi) is 4.43. The molecule has 0 radical (unpaired) electrons.